The molecule has 1 saturated carbocycles. The Balaban J connectivity index is 1.31. The highest BCUT2D eigenvalue weighted by molar-refractivity contribution is 6.34. The molecule has 1 saturated heterocycles. The third-order valence-electron chi connectivity index (χ3n) is 7.29. The fraction of sp³-hybridized carbons (Fsp3) is 0.423. The van der Waals surface area contributed by atoms with E-state index in [-0.39, 0.29) is 29.7 Å². The number of hydrogen-bond donors (Lipinski definition) is 3. The van der Waals surface area contributed by atoms with Gasteiger partial charge < -0.3 is 20.5 Å². The average Bonchev–Trinajstić information content (AvgIpc) is 3.57. The number of nitrogens with zero attached hydrogens (tertiary/aromatic N) is 1. The summed E-state index contributed by atoms with van der Waals surface area (Å²) < 4.78 is 13.8. The Morgan fingerprint density at radius 3 is 2.71 bits per heavy atom. The molecule has 3 amide bonds. The summed E-state index contributed by atoms with van der Waals surface area (Å²) in [6.07, 6.45) is 6.07. The first-order valence-corrected chi connectivity index (χ1v) is 11.9. The number of carbonyl (C=O) groups is 3. The molecule has 2 aliphatic heterocycles. The van der Waals surface area contributed by atoms with Crippen LogP contribution in [-0.2, 0) is 9.59 Å². The standard InChI is InChI=1S/C26H29FN4O3/c1-14-22(13-20-19-12-17(27)6-8-21(19)30-24(20)32)28-15(2)23(14)25(33)29-18-7-5-16(11-18)26(34)31-9-3-4-10-31/h6,8,12-13,16,18,28H,3-5,7,9-11H2,1-2H3,(H,29,33)(H,30,32)/t16-,18+/m0/s1. The van der Waals surface area contributed by atoms with Gasteiger partial charge in [0.1, 0.15) is 5.82 Å². The van der Waals surface area contributed by atoms with Gasteiger partial charge in [-0.2, -0.15) is 0 Å². The van der Waals surface area contributed by atoms with Crippen LogP contribution < -0.4 is 10.6 Å². The maximum absolute atomic E-state index is 13.8. The Bertz CT molecular complexity index is 1210. The van der Waals surface area contributed by atoms with Crippen LogP contribution in [0.4, 0.5) is 10.1 Å². The molecule has 8 heteroatoms. The van der Waals surface area contributed by atoms with Crippen LogP contribution in [0.15, 0.2) is 18.2 Å². The molecule has 5 rings (SSSR count). The van der Waals surface area contributed by atoms with Crippen molar-refractivity contribution in [1.29, 1.82) is 0 Å². The number of rotatable bonds is 4. The lowest BCUT2D eigenvalue weighted by atomic mass is 10.0. The number of hydrogen-bond acceptors (Lipinski definition) is 3. The zero-order valence-corrected chi connectivity index (χ0v) is 19.5. The number of amides is 3. The number of aromatic amines is 1. The van der Waals surface area contributed by atoms with E-state index in [9.17, 15) is 18.8 Å². The first-order valence-electron chi connectivity index (χ1n) is 11.9. The van der Waals surface area contributed by atoms with E-state index in [0.717, 1.165) is 44.3 Å². The van der Waals surface area contributed by atoms with Gasteiger partial charge in [0.25, 0.3) is 11.8 Å². The van der Waals surface area contributed by atoms with Crippen LogP contribution in [0.2, 0.25) is 0 Å². The fourth-order valence-corrected chi connectivity index (χ4v) is 5.50. The predicted molar refractivity (Wildman–Crippen MR) is 128 cm³/mol. The lowest BCUT2D eigenvalue weighted by Crippen LogP contribution is -2.36. The molecule has 3 heterocycles. The van der Waals surface area contributed by atoms with Gasteiger partial charge in [-0.25, -0.2) is 4.39 Å². The number of likely N-dealkylation sites (tertiary alicyclic amines) is 1. The van der Waals surface area contributed by atoms with Crippen LogP contribution in [-0.4, -0.2) is 46.7 Å². The van der Waals surface area contributed by atoms with Crippen molar-refractivity contribution in [1.82, 2.24) is 15.2 Å². The molecular weight excluding hydrogens is 435 g/mol. The van der Waals surface area contributed by atoms with Gasteiger partial charge in [0, 0.05) is 47.7 Å². The van der Waals surface area contributed by atoms with Crippen LogP contribution in [0.5, 0.6) is 0 Å². The molecule has 34 heavy (non-hydrogen) atoms. The van der Waals surface area contributed by atoms with E-state index < -0.39 is 5.82 Å². The molecule has 3 aliphatic rings. The number of anilines is 1. The van der Waals surface area contributed by atoms with Crippen molar-refractivity contribution in [3.8, 4) is 0 Å². The molecule has 0 spiro atoms. The van der Waals surface area contributed by atoms with E-state index in [4.69, 9.17) is 0 Å². The lowest BCUT2D eigenvalue weighted by molar-refractivity contribution is -0.134. The largest absolute Gasteiger partial charge is 0.358 e. The Labute approximate surface area is 197 Å². The summed E-state index contributed by atoms with van der Waals surface area (Å²) in [7, 11) is 0. The molecule has 2 aromatic rings. The molecule has 1 aliphatic carbocycles. The van der Waals surface area contributed by atoms with Gasteiger partial charge in [-0.1, -0.05) is 0 Å². The molecule has 3 N–H and O–H groups in total. The maximum atomic E-state index is 13.8. The van der Waals surface area contributed by atoms with E-state index in [2.05, 4.69) is 15.6 Å². The number of carbonyl (C=O) groups excluding carboxylic acids is 3. The molecule has 2 atom stereocenters. The smallest absolute Gasteiger partial charge is 0.256 e. The molecule has 2 fully saturated rings. The molecule has 7 nitrogen and oxygen atoms in total. The molecule has 178 valence electrons. The second-order valence-electron chi connectivity index (χ2n) is 9.58. The minimum absolute atomic E-state index is 0.0153. The number of nitrogens with one attached hydrogen (secondary N) is 3. The SMILES string of the molecule is Cc1[nH]c(C=C2C(=O)Nc3ccc(F)cc32)c(C)c1C(=O)N[C@@H]1CC[C@H](C(=O)N2CCCC2)C1. The van der Waals surface area contributed by atoms with Crippen molar-refractivity contribution in [3.63, 3.8) is 0 Å². The summed E-state index contributed by atoms with van der Waals surface area (Å²) in [5, 5.41) is 5.85. The van der Waals surface area contributed by atoms with Crippen molar-refractivity contribution >= 4 is 35.1 Å². The number of fused-ring (bicyclic) bond motifs is 1. The van der Waals surface area contributed by atoms with Gasteiger partial charge in [0.05, 0.1) is 11.1 Å². The minimum atomic E-state index is -0.418. The Kier molecular flexibility index (Phi) is 5.75. The van der Waals surface area contributed by atoms with Crippen LogP contribution in [0, 0.1) is 25.6 Å². The molecule has 0 bridgehead atoms. The summed E-state index contributed by atoms with van der Waals surface area (Å²) in [6, 6.07) is 4.15. The first kappa shape index (κ1) is 22.4. The Morgan fingerprint density at radius 1 is 1.18 bits per heavy atom. The Morgan fingerprint density at radius 2 is 1.94 bits per heavy atom. The van der Waals surface area contributed by atoms with E-state index in [1.165, 1.54) is 12.1 Å². The molecule has 0 unspecified atom stereocenters. The van der Waals surface area contributed by atoms with Gasteiger partial charge in [-0.05, 0) is 75.8 Å². The predicted octanol–water partition coefficient (Wildman–Crippen LogP) is 3.78. The highest BCUT2D eigenvalue weighted by Crippen LogP contribution is 2.35. The number of aryl methyl sites for hydroxylation is 1. The summed E-state index contributed by atoms with van der Waals surface area (Å²) in [6.45, 7) is 5.35. The van der Waals surface area contributed by atoms with Crippen LogP contribution >= 0.6 is 0 Å². The van der Waals surface area contributed by atoms with Gasteiger partial charge in [-0.15, -0.1) is 0 Å². The first-order chi connectivity index (χ1) is 16.3. The second-order valence-corrected chi connectivity index (χ2v) is 9.58. The van der Waals surface area contributed by atoms with Gasteiger partial charge in [-0.3, -0.25) is 14.4 Å². The number of halogens is 1. The second kappa shape index (κ2) is 8.74. The maximum Gasteiger partial charge on any atom is 0.256 e. The van der Waals surface area contributed by atoms with Crippen LogP contribution in [0.3, 0.4) is 0 Å². The zero-order valence-electron chi connectivity index (χ0n) is 19.5. The number of benzene rings is 1. The van der Waals surface area contributed by atoms with Crippen molar-refractivity contribution in [2.24, 2.45) is 5.92 Å². The summed E-state index contributed by atoms with van der Waals surface area (Å²) in [4.78, 5) is 43.5. The topological polar surface area (TPSA) is 94.3 Å². The van der Waals surface area contributed by atoms with Gasteiger partial charge in [0.15, 0.2) is 0 Å². The zero-order chi connectivity index (χ0) is 24.0. The van der Waals surface area contributed by atoms with E-state index in [0.29, 0.717) is 40.2 Å². The van der Waals surface area contributed by atoms with Crippen molar-refractivity contribution in [2.75, 3.05) is 18.4 Å². The van der Waals surface area contributed by atoms with Crippen molar-refractivity contribution < 1.29 is 18.8 Å². The van der Waals surface area contributed by atoms with E-state index >= 15 is 0 Å². The number of aromatic nitrogens is 1. The van der Waals surface area contributed by atoms with E-state index in [1.54, 1.807) is 12.1 Å². The quantitative estimate of drug-likeness (QED) is 0.601. The Hall–Kier alpha value is -3.42. The van der Waals surface area contributed by atoms with Gasteiger partial charge in [0.2, 0.25) is 5.91 Å². The summed E-state index contributed by atoms with van der Waals surface area (Å²) in [5.74, 6) is -0.698. The van der Waals surface area contributed by atoms with Crippen molar-refractivity contribution in [3.05, 3.63) is 52.1 Å². The average molecular weight is 465 g/mol. The van der Waals surface area contributed by atoms with Crippen LogP contribution in [0.25, 0.3) is 11.6 Å². The molecule has 1 aromatic carbocycles. The normalized spacial score (nSPS) is 22.9. The summed E-state index contributed by atoms with van der Waals surface area (Å²) in [5.41, 5.74) is 4.02. The molecule has 0 radical (unpaired) electrons. The van der Waals surface area contributed by atoms with E-state index in [1.807, 2.05) is 18.7 Å². The third-order valence-corrected chi connectivity index (χ3v) is 7.29. The lowest BCUT2D eigenvalue weighted by Gasteiger charge is -2.20. The van der Waals surface area contributed by atoms with Gasteiger partial charge >= 0.3 is 0 Å². The molecular formula is C26H29FN4O3. The third kappa shape index (κ3) is 4.02. The minimum Gasteiger partial charge on any atom is -0.358 e. The van der Waals surface area contributed by atoms with Crippen molar-refractivity contribution in [2.45, 2.75) is 52.0 Å². The number of H-pyrrole nitrogens is 1. The highest BCUT2D eigenvalue weighted by atomic mass is 19.1. The van der Waals surface area contributed by atoms with Crippen LogP contribution in [0.1, 0.15) is 65.0 Å². The highest BCUT2D eigenvalue weighted by Gasteiger charge is 2.35. The summed E-state index contributed by atoms with van der Waals surface area (Å²) >= 11 is 0. The monoisotopic (exact) mass is 464 g/mol. The fourth-order valence-electron chi connectivity index (χ4n) is 5.50. The molecule has 1 aromatic heterocycles.